The third kappa shape index (κ3) is 4.03. The molecular formula is C25H21BrN4O. The molecule has 0 N–H and O–H groups in total. The van der Waals surface area contributed by atoms with Gasteiger partial charge in [-0.05, 0) is 57.0 Å². The first-order chi connectivity index (χ1) is 15.2. The first-order valence-electron chi connectivity index (χ1n) is 10.3. The van der Waals surface area contributed by atoms with Gasteiger partial charge in [0.05, 0.1) is 11.3 Å². The fraction of sp³-hybridized carbons (Fsp3) is 0.160. The maximum Gasteiger partial charge on any atom is 0.255 e. The lowest BCUT2D eigenvalue weighted by atomic mass is 10.1. The van der Waals surface area contributed by atoms with E-state index in [2.05, 4.69) is 61.4 Å². The number of carbonyl (C=O) groups excluding carboxylic acids is 1. The first kappa shape index (κ1) is 19.7. The van der Waals surface area contributed by atoms with Crippen molar-refractivity contribution in [3.8, 4) is 11.3 Å². The number of piperazine rings is 1. The van der Waals surface area contributed by atoms with Gasteiger partial charge in [0.15, 0.2) is 5.82 Å². The Morgan fingerprint density at radius 2 is 1.52 bits per heavy atom. The summed E-state index contributed by atoms with van der Waals surface area (Å²) in [6.07, 6.45) is 0. The molecule has 5 rings (SSSR count). The summed E-state index contributed by atoms with van der Waals surface area (Å²) in [4.78, 5) is 16.9. The van der Waals surface area contributed by atoms with Crippen LogP contribution in [0.4, 0.5) is 5.82 Å². The van der Waals surface area contributed by atoms with Crippen molar-refractivity contribution in [1.82, 2.24) is 15.1 Å². The van der Waals surface area contributed by atoms with Crippen LogP contribution in [0, 0.1) is 0 Å². The van der Waals surface area contributed by atoms with Crippen LogP contribution >= 0.6 is 15.9 Å². The van der Waals surface area contributed by atoms with Gasteiger partial charge in [-0.1, -0.05) is 48.5 Å². The van der Waals surface area contributed by atoms with E-state index in [1.165, 1.54) is 10.8 Å². The highest BCUT2D eigenvalue weighted by Crippen LogP contribution is 2.24. The second kappa shape index (κ2) is 8.47. The van der Waals surface area contributed by atoms with Crippen molar-refractivity contribution >= 4 is 38.4 Å². The maximum absolute atomic E-state index is 12.8. The zero-order valence-electron chi connectivity index (χ0n) is 16.9. The zero-order chi connectivity index (χ0) is 21.2. The second-order valence-electron chi connectivity index (χ2n) is 7.60. The smallest absolute Gasteiger partial charge is 0.255 e. The molecule has 0 radical (unpaired) electrons. The molecule has 0 bridgehead atoms. The minimum Gasteiger partial charge on any atom is -0.352 e. The lowest BCUT2D eigenvalue weighted by Crippen LogP contribution is -2.49. The van der Waals surface area contributed by atoms with Crippen LogP contribution in [-0.4, -0.2) is 47.2 Å². The standard InChI is InChI=1S/C25H21BrN4O/c26-22-8-4-3-7-21(22)25(31)30-15-13-29(14-16-30)24-12-11-23(27-28-24)20-10-9-18-5-1-2-6-19(18)17-20/h1-12,17H,13-16H2. The SMILES string of the molecule is O=C(c1ccccc1Br)N1CCN(c2ccc(-c3ccc4ccccc4c3)nn2)CC1. The first-order valence-corrected chi connectivity index (χ1v) is 11.1. The minimum atomic E-state index is 0.0601. The summed E-state index contributed by atoms with van der Waals surface area (Å²) in [5.74, 6) is 0.905. The number of nitrogens with zero attached hydrogens (tertiary/aromatic N) is 4. The Labute approximate surface area is 189 Å². The van der Waals surface area contributed by atoms with Gasteiger partial charge < -0.3 is 9.80 Å². The molecule has 4 aromatic rings. The molecule has 0 aliphatic carbocycles. The van der Waals surface area contributed by atoms with Crippen LogP contribution in [0.3, 0.4) is 0 Å². The summed E-state index contributed by atoms with van der Waals surface area (Å²) in [6.45, 7) is 2.79. The van der Waals surface area contributed by atoms with Crippen LogP contribution in [0.2, 0.25) is 0 Å². The van der Waals surface area contributed by atoms with Crippen LogP contribution in [0.5, 0.6) is 0 Å². The molecule has 1 saturated heterocycles. The molecule has 0 atom stereocenters. The highest BCUT2D eigenvalue weighted by atomic mass is 79.9. The number of fused-ring (bicyclic) bond motifs is 1. The van der Waals surface area contributed by atoms with Crippen LogP contribution in [0.25, 0.3) is 22.0 Å². The van der Waals surface area contributed by atoms with Crippen molar-refractivity contribution in [2.75, 3.05) is 31.1 Å². The van der Waals surface area contributed by atoms with E-state index in [1.54, 1.807) is 0 Å². The average Bonchev–Trinajstić information content (AvgIpc) is 2.84. The Bertz CT molecular complexity index is 1230. The normalized spacial score (nSPS) is 14.1. The zero-order valence-corrected chi connectivity index (χ0v) is 18.5. The van der Waals surface area contributed by atoms with Gasteiger partial charge in [-0.15, -0.1) is 10.2 Å². The van der Waals surface area contributed by atoms with Crippen molar-refractivity contribution < 1.29 is 4.79 Å². The minimum absolute atomic E-state index is 0.0601. The lowest BCUT2D eigenvalue weighted by molar-refractivity contribution is 0.0745. The molecule has 2 heterocycles. The molecule has 1 amide bonds. The van der Waals surface area contributed by atoms with Gasteiger partial charge in [-0.25, -0.2) is 0 Å². The van der Waals surface area contributed by atoms with Crippen molar-refractivity contribution in [3.05, 3.63) is 88.9 Å². The van der Waals surface area contributed by atoms with Gasteiger partial charge in [0, 0.05) is 36.2 Å². The lowest BCUT2D eigenvalue weighted by Gasteiger charge is -2.35. The molecule has 31 heavy (non-hydrogen) atoms. The summed E-state index contributed by atoms with van der Waals surface area (Å²) in [5, 5.41) is 11.3. The number of hydrogen-bond acceptors (Lipinski definition) is 4. The maximum atomic E-state index is 12.8. The van der Waals surface area contributed by atoms with Gasteiger partial charge in [-0.3, -0.25) is 4.79 Å². The molecular weight excluding hydrogens is 452 g/mol. The Kier molecular flexibility index (Phi) is 5.38. The van der Waals surface area contributed by atoms with E-state index in [4.69, 9.17) is 0 Å². The Morgan fingerprint density at radius 3 is 2.26 bits per heavy atom. The van der Waals surface area contributed by atoms with E-state index < -0.39 is 0 Å². The molecule has 0 saturated carbocycles. The summed E-state index contributed by atoms with van der Waals surface area (Å²) in [6, 6.07) is 26.2. The average molecular weight is 473 g/mol. The Morgan fingerprint density at radius 1 is 0.774 bits per heavy atom. The van der Waals surface area contributed by atoms with E-state index >= 15 is 0 Å². The number of carbonyl (C=O) groups is 1. The second-order valence-corrected chi connectivity index (χ2v) is 8.45. The van der Waals surface area contributed by atoms with Gasteiger partial charge in [0.1, 0.15) is 0 Å². The fourth-order valence-corrected chi connectivity index (χ4v) is 4.39. The number of hydrogen-bond donors (Lipinski definition) is 0. The van der Waals surface area contributed by atoms with Crippen LogP contribution in [0.1, 0.15) is 10.4 Å². The summed E-state index contributed by atoms with van der Waals surface area (Å²) in [7, 11) is 0. The molecule has 1 aromatic heterocycles. The van der Waals surface area contributed by atoms with Gasteiger partial charge in [-0.2, -0.15) is 0 Å². The fourth-order valence-electron chi connectivity index (χ4n) is 3.94. The largest absolute Gasteiger partial charge is 0.352 e. The Hall–Kier alpha value is -3.25. The van der Waals surface area contributed by atoms with E-state index in [0.717, 1.165) is 34.6 Å². The van der Waals surface area contributed by atoms with Crippen LogP contribution in [0.15, 0.2) is 83.3 Å². The van der Waals surface area contributed by atoms with Crippen LogP contribution in [-0.2, 0) is 0 Å². The molecule has 1 aliphatic rings. The number of amides is 1. The van der Waals surface area contributed by atoms with Gasteiger partial charge in [0.2, 0.25) is 0 Å². The highest BCUT2D eigenvalue weighted by Gasteiger charge is 2.24. The van der Waals surface area contributed by atoms with E-state index in [9.17, 15) is 4.79 Å². The van der Waals surface area contributed by atoms with Gasteiger partial charge >= 0.3 is 0 Å². The quantitative estimate of drug-likeness (QED) is 0.419. The summed E-state index contributed by atoms with van der Waals surface area (Å²) in [5.41, 5.74) is 2.62. The number of halogens is 1. The summed E-state index contributed by atoms with van der Waals surface area (Å²) < 4.78 is 0.831. The number of benzene rings is 3. The van der Waals surface area contributed by atoms with Crippen molar-refractivity contribution in [1.29, 1.82) is 0 Å². The van der Waals surface area contributed by atoms with Gasteiger partial charge in [0.25, 0.3) is 5.91 Å². The molecule has 3 aromatic carbocycles. The molecule has 1 fully saturated rings. The monoisotopic (exact) mass is 472 g/mol. The molecule has 5 nitrogen and oxygen atoms in total. The van der Waals surface area contributed by atoms with Crippen molar-refractivity contribution in [3.63, 3.8) is 0 Å². The van der Waals surface area contributed by atoms with Crippen LogP contribution < -0.4 is 4.90 Å². The summed E-state index contributed by atoms with van der Waals surface area (Å²) >= 11 is 3.48. The molecule has 6 heteroatoms. The molecule has 154 valence electrons. The number of rotatable bonds is 3. The van der Waals surface area contributed by atoms with Crippen molar-refractivity contribution in [2.24, 2.45) is 0 Å². The van der Waals surface area contributed by atoms with E-state index in [0.29, 0.717) is 18.7 Å². The molecule has 0 unspecified atom stereocenters. The predicted molar refractivity (Wildman–Crippen MR) is 127 cm³/mol. The molecule has 1 aliphatic heterocycles. The topological polar surface area (TPSA) is 49.3 Å². The predicted octanol–water partition coefficient (Wildman–Crippen LogP) is 5.02. The number of anilines is 1. The Balaban J connectivity index is 1.27. The van der Waals surface area contributed by atoms with E-state index in [-0.39, 0.29) is 5.91 Å². The molecule has 0 spiro atoms. The third-order valence-corrected chi connectivity index (χ3v) is 6.38. The number of aromatic nitrogens is 2. The van der Waals surface area contributed by atoms with Crippen molar-refractivity contribution in [2.45, 2.75) is 0 Å². The highest BCUT2D eigenvalue weighted by molar-refractivity contribution is 9.10. The van der Waals surface area contributed by atoms with E-state index in [1.807, 2.05) is 53.4 Å². The third-order valence-electron chi connectivity index (χ3n) is 5.69.